The van der Waals surface area contributed by atoms with Crippen LogP contribution >= 0.6 is 11.8 Å². The highest BCUT2D eigenvalue weighted by Gasteiger charge is 2.35. The molecule has 7 nitrogen and oxygen atoms in total. The molecule has 9 heteroatoms. The number of rotatable bonds is 7. The van der Waals surface area contributed by atoms with Crippen molar-refractivity contribution in [1.82, 2.24) is 14.8 Å². The average molecular weight is 453 g/mol. The Morgan fingerprint density at radius 3 is 2.78 bits per heavy atom. The van der Waals surface area contributed by atoms with E-state index in [-0.39, 0.29) is 18.2 Å². The Labute approximate surface area is 188 Å². The van der Waals surface area contributed by atoms with Gasteiger partial charge in [-0.05, 0) is 36.2 Å². The van der Waals surface area contributed by atoms with Crippen molar-refractivity contribution >= 4 is 23.7 Å². The molecule has 1 aliphatic heterocycles. The van der Waals surface area contributed by atoms with Gasteiger partial charge in [0.1, 0.15) is 24.2 Å². The summed E-state index contributed by atoms with van der Waals surface area (Å²) in [6, 6.07) is 12.5. The molecule has 2 aromatic carbocycles. The van der Waals surface area contributed by atoms with Gasteiger partial charge in [0, 0.05) is 11.4 Å². The Kier molecular flexibility index (Phi) is 6.27. The number of anilines is 1. The molecule has 4 rings (SSSR count). The van der Waals surface area contributed by atoms with E-state index in [0.29, 0.717) is 33.7 Å². The maximum absolute atomic E-state index is 14.0. The van der Waals surface area contributed by atoms with Gasteiger partial charge in [-0.2, -0.15) is 4.98 Å². The molecule has 3 aromatic rings. The van der Waals surface area contributed by atoms with Gasteiger partial charge in [-0.3, -0.25) is 0 Å². The average Bonchev–Trinajstić information content (AvgIpc) is 3.19. The van der Waals surface area contributed by atoms with Crippen LogP contribution in [0.4, 0.5) is 10.3 Å². The van der Waals surface area contributed by atoms with Gasteiger partial charge in [0.05, 0.1) is 5.57 Å². The quantitative estimate of drug-likeness (QED) is 0.311. The molecular formula is C23H21FN4O3S. The van der Waals surface area contributed by atoms with Gasteiger partial charge < -0.3 is 15.2 Å². The van der Waals surface area contributed by atoms with Crippen molar-refractivity contribution in [3.8, 4) is 5.75 Å². The fourth-order valence-corrected chi connectivity index (χ4v) is 4.21. The predicted octanol–water partition coefficient (Wildman–Crippen LogP) is 4.43. The number of hydrogen-bond acceptors (Lipinski definition) is 7. The molecule has 0 amide bonds. The van der Waals surface area contributed by atoms with Crippen molar-refractivity contribution in [2.24, 2.45) is 0 Å². The van der Waals surface area contributed by atoms with Gasteiger partial charge in [0.2, 0.25) is 11.1 Å². The molecule has 1 atom stereocenters. The van der Waals surface area contributed by atoms with Gasteiger partial charge in [-0.1, -0.05) is 54.7 Å². The zero-order valence-electron chi connectivity index (χ0n) is 17.3. The molecule has 1 aliphatic rings. The summed E-state index contributed by atoms with van der Waals surface area (Å²) in [5, 5.41) is 17.8. The lowest BCUT2D eigenvalue weighted by Gasteiger charge is -2.28. The summed E-state index contributed by atoms with van der Waals surface area (Å²) in [6.45, 7) is 5.42. The van der Waals surface area contributed by atoms with E-state index in [1.807, 2.05) is 0 Å². The monoisotopic (exact) mass is 452 g/mol. The third-order valence-electron chi connectivity index (χ3n) is 4.91. The van der Waals surface area contributed by atoms with E-state index in [9.17, 15) is 14.3 Å². The lowest BCUT2D eigenvalue weighted by molar-refractivity contribution is -0.138. The first-order valence-electron chi connectivity index (χ1n) is 9.85. The summed E-state index contributed by atoms with van der Waals surface area (Å²) < 4.78 is 20.9. The van der Waals surface area contributed by atoms with Crippen molar-refractivity contribution in [2.45, 2.75) is 23.9 Å². The van der Waals surface area contributed by atoms with Crippen LogP contribution in [0.5, 0.6) is 5.75 Å². The smallest absolute Gasteiger partial charge is 0.338 e. The molecule has 0 bridgehead atoms. The van der Waals surface area contributed by atoms with E-state index < -0.39 is 12.0 Å². The van der Waals surface area contributed by atoms with E-state index in [1.54, 1.807) is 54.1 Å². The number of halogens is 1. The van der Waals surface area contributed by atoms with Crippen molar-refractivity contribution in [3.63, 3.8) is 0 Å². The van der Waals surface area contributed by atoms with Crippen molar-refractivity contribution in [3.05, 3.63) is 89.4 Å². The van der Waals surface area contributed by atoms with E-state index >= 15 is 0 Å². The third kappa shape index (κ3) is 4.38. The van der Waals surface area contributed by atoms with Crippen LogP contribution in [-0.4, -0.2) is 32.4 Å². The van der Waals surface area contributed by atoms with Crippen LogP contribution < -0.4 is 5.32 Å². The first kappa shape index (κ1) is 21.6. The summed E-state index contributed by atoms with van der Waals surface area (Å²) >= 11 is 1.29. The van der Waals surface area contributed by atoms with Gasteiger partial charge in [0.15, 0.2) is 0 Å². The number of nitrogens with one attached hydrogen (secondary N) is 1. The van der Waals surface area contributed by atoms with E-state index in [2.05, 4.69) is 22.0 Å². The number of carbonyl (C=O) groups is 1. The molecule has 0 saturated heterocycles. The minimum absolute atomic E-state index is 0.0753. The van der Waals surface area contributed by atoms with Gasteiger partial charge >= 0.3 is 5.97 Å². The summed E-state index contributed by atoms with van der Waals surface area (Å²) in [5.74, 6) is 0.139. The van der Waals surface area contributed by atoms with Crippen LogP contribution in [0, 0.1) is 5.82 Å². The Balaban J connectivity index is 1.69. The lowest BCUT2D eigenvalue weighted by atomic mass is 9.96. The Hall–Kier alpha value is -3.59. The fourth-order valence-electron chi connectivity index (χ4n) is 3.39. The second kappa shape index (κ2) is 9.27. The highest BCUT2D eigenvalue weighted by atomic mass is 32.2. The standard InChI is InChI=1S/C23H21FN4O3S/c1-3-12-31-21(30)19-14(2)25-22-26-23(32-13-16-6-4-5-7-18(16)24)27-28(22)20(19)15-8-10-17(29)11-9-15/h3-11,20,29H,1,12-13H2,2H3,(H,25,26,27). The highest BCUT2D eigenvalue weighted by Crippen LogP contribution is 2.37. The second-order valence-electron chi connectivity index (χ2n) is 7.09. The summed E-state index contributed by atoms with van der Waals surface area (Å²) in [6.07, 6.45) is 1.50. The lowest BCUT2D eigenvalue weighted by Crippen LogP contribution is -2.29. The van der Waals surface area contributed by atoms with Crippen molar-refractivity contribution < 1.29 is 19.0 Å². The number of esters is 1. The maximum atomic E-state index is 14.0. The summed E-state index contributed by atoms with van der Waals surface area (Å²) in [4.78, 5) is 17.4. The number of phenols is 1. The van der Waals surface area contributed by atoms with Crippen LogP contribution in [-0.2, 0) is 15.3 Å². The molecule has 0 fully saturated rings. The molecule has 2 heterocycles. The molecule has 1 aromatic heterocycles. The van der Waals surface area contributed by atoms with Gasteiger partial charge in [-0.25, -0.2) is 13.9 Å². The highest BCUT2D eigenvalue weighted by molar-refractivity contribution is 7.98. The SMILES string of the molecule is C=CCOC(=O)C1=C(C)Nc2nc(SCc3ccccc3F)nn2C1c1ccc(O)cc1. The number of nitrogens with zero attached hydrogens (tertiary/aromatic N) is 3. The number of ether oxygens (including phenoxy) is 1. The maximum Gasteiger partial charge on any atom is 0.338 e. The van der Waals surface area contributed by atoms with E-state index in [4.69, 9.17) is 4.74 Å². The van der Waals surface area contributed by atoms with Crippen LogP contribution in [0.1, 0.15) is 24.1 Å². The molecular weight excluding hydrogens is 431 g/mol. The van der Waals surface area contributed by atoms with Crippen LogP contribution in [0.3, 0.4) is 0 Å². The Bertz CT molecular complexity index is 1190. The number of aromatic hydroxyl groups is 1. The molecule has 0 spiro atoms. The molecule has 0 aliphatic carbocycles. The van der Waals surface area contributed by atoms with Crippen LogP contribution in [0.25, 0.3) is 0 Å². The number of fused-ring (bicyclic) bond motifs is 1. The summed E-state index contributed by atoms with van der Waals surface area (Å²) in [7, 11) is 0. The van der Waals surface area contributed by atoms with E-state index in [0.717, 1.165) is 5.56 Å². The zero-order valence-corrected chi connectivity index (χ0v) is 18.1. The number of carbonyl (C=O) groups excluding carboxylic acids is 1. The van der Waals surface area contributed by atoms with E-state index in [1.165, 1.54) is 23.9 Å². The normalized spacial score (nSPS) is 15.1. The first-order chi connectivity index (χ1) is 15.5. The molecule has 0 saturated carbocycles. The van der Waals surface area contributed by atoms with Crippen LogP contribution in [0.15, 0.2) is 77.6 Å². The molecule has 0 radical (unpaired) electrons. The van der Waals surface area contributed by atoms with Crippen molar-refractivity contribution in [1.29, 1.82) is 0 Å². The van der Waals surface area contributed by atoms with Crippen molar-refractivity contribution in [2.75, 3.05) is 11.9 Å². The number of aromatic nitrogens is 3. The number of phenolic OH excluding ortho intramolecular Hbond substituents is 1. The minimum Gasteiger partial charge on any atom is -0.508 e. The Morgan fingerprint density at radius 2 is 2.06 bits per heavy atom. The van der Waals surface area contributed by atoms with Crippen LogP contribution in [0.2, 0.25) is 0 Å². The third-order valence-corrected chi connectivity index (χ3v) is 5.80. The first-order valence-corrected chi connectivity index (χ1v) is 10.8. The number of benzene rings is 2. The molecule has 2 N–H and O–H groups in total. The topological polar surface area (TPSA) is 89.3 Å². The molecule has 1 unspecified atom stereocenters. The number of allylic oxidation sites excluding steroid dienone is 1. The molecule has 32 heavy (non-hydrogen) atoms. The minimum atomic E-state index is -0.612. The second-order valence-corrected chi connectivity index (χ2v) is 8.03. The largest absolute Gasteiger partial charge is 0.508 e. The zero-order chi connectivity index (χ0) is 22.7. The summed E-state index contributed by atoms with van der Waals surface area (Å²) in [5.41, 5.74) is 2.24. The number of thioether (sulfide) groups is 1. The predicted molar refractivity (Wildman–Crippen MR) is 120 cm³/mol. The number of hydrogen-bond donors (Lipinski definition) is 2. The Morgan fingerprint density at radius 1 is 1.31 bits per heavy atom. The van der Waals surface area contributed by atoms with Gasteiger partial charge in [-0.15, -0.1) is 5.10 Å². The fraction of sp³-hybridized carbons (Fsp3) is 0.174. The molecule has 164 valence electrons. The van der Waals surface area contributed by atoms with Gasteiger partial charge in [0.25, 0.3) is 0 Å².